The Hall–Kier alpha value is -6.23. The lowest BCUT2D eigenvalue weighted by atomic mass is 9.98. The van der Waals surface area contributed by atoms with E-state index in [1.54, 1.807) is 36.4 Å². The van der Waals surface area contributed by atoms with Crippen molar-refractivity contribution in [2.75, 3.05) is 43.3 Å². The monoisotopic (exact) mass is 715 g/mol. The number of amides is 3. The Bertz CT molecular complexity index is 1930. The van der Waals surface area contributed by atoms with Crippen molar-refractivity contribution in [3.63, 3.8) is 0 Å². The number of nitrogens with one attached hydrogen (secondary N) is 3. The molecule has 3 amide bonds. The average Bonchev–Trinajstić information content (AvgIpc) is 3.83. The molecule has 4 N–H and O–H groups in total. The normalized spacial score (nSPS) is 21.1. The smallest absolute Gasteiger partial charge is 0.412 e. The summed E-state index contributed by atoms with van der Waals surface area (Å²) in [7, 11) is 1.27. The summed E-state index contributed by atoms with van der Waals surface area (Å²) in [6.45, 7) is -0.640. The van der Waals surface area contributed by atoms with Gasteiger partial charge in [0.15, 0.2) is 47.6 Å². The van der Waals surface area contributed by atoms with E-state index >= 15 is 0 Å². The van der Waals surface area contributed by atoms with Crippen molar-refractivity contribution in [2.24, 2.45) is 0 Å². The number of carbonyl (C=O) groups excluding carboxylic acids is 3. The number of hydrogen-bond acceptors (Lipinski definition) is 13. The van der Waals surface area contributed by atoms with E-state index in [1.165, 1.54) is 19.2 Å². The predicted molar refractivity (Wildman–Crippen MR) is 181 cm³/mol. The van der Waals surface area contributed by atoms with Gasteiger partial charge in [-0.2, -0.15) is 0 Å². The van der Waals surface area contributed by atoms with Gasteiger partial charge in [-0.3, -0.25) is 16.0 Å². The number of benzene rings is 4. The van der Waals surface area contributed by atoms with Crippen LogP contribution in [0.4, 0.5) is 31.4 Å². The lowest BCUT2D eigenvalue weighted by Crippen LogP contribution is -2.63. The fourth-order valence-corrected chi connectivity index (χ4v) is 5.83. The van der Waals surface area contributed by atoms with Gasteiger partial charge in [-0.25, -0.2) is 14.4 Å². The summed E-state index contributed by atoms with van der Waals surface area (Å²) in [6.07, 6.45) is -10.3. The third kappa shape index (κ3) is 7.58. The van der Waals surface area contributed by atoms with Crippen LogP contribution in [0.15, 0.2) is 91.0 Å². The van der Waals surface area contributed by atoms with E-state index in [9.17, 15) is 19.5 Å². The highest BCUT2D eigenvalue weighted by Crippen LogP contribution is 2.36. The minimum Gasteiger partial charge on any atom is -0.454 e. The molecule has 0 aromatic heterocycles. The second-order valence-electron chi connectivity index (χ2n) is 11.5. The molecule has 3 aliphatic heterocycles. The number of anilines is 3. The predicted octanol–water partition coefficient (Wildman–Crippen LogP) is 5.33. The first-order chi connectivity index (χ1) is 25.4. The van der Waals surface area contributed by atoms with Crippen LogP contribution in [0, 0.1) is 0 Å². The molecule has 5 atom stereocenters. The van der Waals surface area contributed by atoms with Crippen molar-refractivity contribution >= 4 is 35.3 Å². The molecule has 7 rings (SSSR count). The Balaban J connectivity index is 1.14. The molecule has 0 saturated carbocycles. The minimum atomic E-state index is -1.58. The SMILES string of the molecule is CO[C@H]1O[C@H](CO)[C@@H](OC(=O)Nc2ccccc2-c2ccccc2)[C@H](OC(=O)Nc2ccc3c(c2)OCO3)[C@H]1OC(=O)Nc1ccc2c(c1)OCO2. The zero-order valence-electron chi connectivity index (χ0n) is 27.5. The van der Waals surface area contributed by atoms with Crippen LogP contribution in [0.2, 0.25) is 0 Å². The maximum atomic E-state index is 13.5. The van der Waals surface area contributed by atoms with Crippen molar-refractivity contribution in [3.8, 4) is 34.1 Å². The van der Waals surface area contributed by atoms with E-state index in [1.807, 2.05) is 42.5 Å². The number of ether oxygens (including phenoxy) is 9. The summed E-state index contributed by atoms with van der Waals surface area (Å²) in [4.78, 5) is 40.3. The van der Waals surface area contributed by atoms with Gasteiger partial charge in [0, 0.05) is 36.2 Å². The number of aliphatic hydroxyl groups excluding tert-OH is 1. The summed E-state index contributed by atoms with van der Waals surface area (Å²) in [5.74, 6) is 1.81. The van der Waals surface area contributed by atoms with Crippen LogP contribution in [0.25, 0.3) is 11.1 Å². The van der Waals surface area contributed by atoms with Gasteiger partial charge in [0.1, 0.15) is 6.10 Å². The molecule has 0 bridgehead atoms. The standard InChI is InChI=1S/C36H33N3O13/c1-44-33-32(52-35(42)38-22-12-14-26-28(16-22)48-19-46-26)31(51-34(41)37-21-11-13-25-27(15-21)47-18-45-25)30(29(17-40)49-33)50-36(43)39-24-10-6-5-9-23(24)20-7-3-2-4-8-20/h2-16,29-33,40H,17-19H2,1H3,(H,37,41)(H,38,42)(H,39,43)/t29-,30-,31+,32-,33+/m1/s1. The molecule has 16 nitrogen and oxygen atoms in total. The van der Waals surface area contributed by atoms with Crippen LogP contribution >= 0.6 is 0 Å². The molecule has 1 fully saturated rings. The number of methoxy groups -OCH3 is 1. The Labute approximate surface area is 296 Å². The van der Waals surface area contributed by atoms with Gasteiger partial charge < -0.3 is 47.7 Å². The minimum absolute atomic E-state index is 0.0243. The molecule has 4 aromatic rings. The number of rotatable bonds is 9. The topological polar surface area (TPSA) is 191 Å². The average molecular weight is 716 g/mol. The largest absolute Gasteiger partial charge is 0.454 e. The van der Waals surface area contributed by atoms with E-state index in [-0.39, 0.29) is 19.3 Å². The molecule has 0 spiro atoms. The Morgan fingerprint density at radius 2 is 1.19 bits per heavy atom. The molecule has 0 radical (unpaired) electrons. The highest BCUT2D eigenvalue weighted by Gasteiger charge is 2.53. The summed E-state index contributed by atoms with van der Waals surface area (Å²) in [5.41, 5.74) is 2.54. The fraction of sp³-hybridized carbons (Fsp3) is 0.250. The van der Waals surface area contributed by atoms with E-state index in [4.69, 9.17) is 42.6 Å². The lowest BCUT2D eigenvalue weighted by Gasteiger charge is -2.43. The Morgan fingerprint density at radius 3 is 1.81 bits per heavy atom. The molecule has 52 heavy (non-hydrogen) atoms. The first kappa shape index (κ1) is 34.2. The molecule has 4 aromatic carbocycles. The number of hydrogen-bond donors (Lipinski definition) is 4. The summed E-state index contributed by atoms with van der Waals surface area (Å²) in [6, 6.07) is 25.8. The van der Waals surface area contributed by atoms with Gasteiger partial charge in [0.2, 0.25) is 13.6 Å². The number of aliphatic hydroxyl groups is 1. The highest BCUT2D eigenvalue weighted by molar-refractivity contribution is 5.92. The van der Waals surface area contributed by atoms with Crippen LogP contribution in [-0.2, 0) is 23.7 Å². The summed E-state index contributed by atoms with van der Waals surface area (Å²) >= 11 is 0. The van der Waals surface area contributed by atoms with Crippen LogP contribution in [0.3, 0.4) is 0 Å². The first-order valence-corrected chi connectivity index (χ1v) is 16.0. The molecule has 3 aliphatic rings. The van der Waals surface area contributed by atoms with E-state index < -0.39 is 55.6 Å². The number of fused-ring (bicyclic) bond motifs is 2. The molecular formula is C36H33N3O13. The van der Waals surface area contributed by atoms with Crippen molar-refractivity contribution < 1.29 is 62.1 Å². The molecule has 270 valence electrons. The summed E-state index contributed by atoms with van der Waals surface area (Å²) < 4.78 is 50.1. The zero-order valence-corrected chi connectivity index (χ0v) is 27.5. The van der Waals surface area contributed by atoms with Gasteiger partial charge in [0.25, 0.3) is 0 Å². The van der Waals surface area contributed by atoms with Gasteiger partial charge in [-0.15, -0.1) is 0 Å². The van der Waals surface area contributed by atoms with Gasteiger partial charge in [-0.1, -0.05) is 48.5 Å². The third-order valence-corrected chi connectivity index (χ3v) is 8.22. The van der Waals surface area contributed by atoms with Crippen LogP contribution in [0.1, 0.15) is 0 Å². The van der Waals surface area contributed by atoms with Crippen LogP contribution < -0.4 is 34.9 Å². The highest BCUT2D eigenvalue weighted by atomic mass is 16.7. The molecule has 3 heterocycles. The van der Waals surface area contributed by atoms with Crippen molar-refractivity contribution in [3.05, 3.63) is 91.0 Å². The lowest BCUT2D eigenvalue weighted by molar-refractivity contribution is -0.290. The van der Waals surface area contributed by atoms with E-state index in [2.05, 4.69) is 16.0 Å². The zero-order chi connectivity index (χ0) is 36.0. The fourth-order valence-electron chi connectivity index (χ4n) is 5.83. The molecule has 1 saturated heterocycles. The summed E-state index contributed by atoms with van der Waals surface area (Å²) in [5, 5.41) is 18.2. The van der Waals surface area contributed by atoms with E-state index in [0.29, 0.717) is 39.9 Å². The van der Waals surface area contributed by atoms with Crippen LogP contribution in [0.5, 0.6) is 23.0 Å². The van der Waals surface area contributed by atoms with Crippen molar-refractivity contribution in [1.29, 1.82) is 0 Å². The Morgan fingerprint density at radius 1 is 0.654 bits per heavy atom. The second kappa shape index (κ2) is 15.3. The number of carbonyl (C=O) groups is 3. The van der Waals surface area contributed by atoms with Crippen molar-refractivity contribution in [2.45, 2.75) is 30.7 Å². The first-order valence-electron chi connectivity index (χ1n) is 16.0. The maximum absolute atomic E-state index is 13.5. The Kier molecular flexibility index (Phi) is 10.1. The van der Waals surface area contributed by atoms with Gasteiger partial charge in [-0.05, 0) is 35.9 Å². The second-order valence-corrected chi connectivity index (χ2v) is 11.5. The van der Waals surface area contributed by atoms with Crippen molar-refractivity contribution in [1.82, 2.24) is 0 Å². The van der Waals surface area contributed by atoms with Crippen LogP contribution in [-0.4, -0.2) is 81.4 Å². The van der Waals surface area contributed by atoms with Gasteiger partial charge in [0.05, 0.1) is 12.3 Å². The molecular weight excluding hydrogens is 682 g/mol. The molecule has 16 heteroatoms. The quantitative estimate of drug-likeness (QED) is 0.163. The third-order valence-electron chi connectivity index (χ3n) is 8.22. The van der Waals surface area contributed by atoms with E-state index in [0.717, 1.165) is 5.56 Å². The number of para-hydroxylation sites is 1. The molecule has 0 aliphatic carbocycles. The van der Waals surface area contributed by atoms with Gasteiger partial charge >= 0.3 is 18.3 Å². The maximum Gasteiger partial charge on any atom is 0.412 e. The molecule has 0 unspecified atom stereocenters.